The molecule has 3 N–H and O–H groups in total. The predicted octanol–water partition coefficient (Wildman–Crippen LogP) is 2.56. The number of aromatic amines is 1. The van der Waals surface area contributed by atoms with Crippen molar-refractivity contribution in [3.8, 4) is 0 Å². The second-order valence-electron chi connectivity index (χ2n) is 5.92. The molecule has 0 saturated carbocycles. The van der Waals surface area contributed by atoms with E-state index in [-0.39, 0.29) is 36.8 Å². The molecule has 2 aromatic rings. The Morgan fingerprint density at radius 2 is 2.00 bits per heavy atom. The number of hydrogen-bond donors (Lipinski definition) is 3. The molecule has 0 unspecified atom stereocenters. The molecule has 1 aromatic carbocycles. The average molecular weight is 453 g/mol. The summed E-state index contributed by atoms with van der Waals surface area (Å²) in [5.41, 5.74) is 2.47. The van der Waals surface area contributed by atoms with Crippen LogP contribution in [-0.4, -0.2) is 34.6 Å². The van der Waals surface area contributed by atoms with Gasteiger partial charge in [0.2, 0.25) is 11.8 Å². The molecule has 0 aliphatic carbocycles. The molecular formula is C18H21BrN4O3S. The van der Waals surface area contributed by atoms with Crippen LogP contribution in [-0.2, 0) is 16.0 Å². The average Bonchev–Trinajstić information content (AvgIpc) is 2.61. The molecule has 0 aliphatic heterocycles. The van der Waals surface area contributed by atoms with Gasteiger partial charge in [-0.2, -0.15) is 0 Å². The third kappa shape index (κ3) is 6.21. The van der Waals surface area contributed by atoms with Crippen LogP contribution >= 0.6 is 27.7 Å². The van der Waals surface area contributed by atoms with E-state index in [0.29, 0.717) is 22.1 Å². The van der Waals surface area contributed by atoms with Crippen LogP contribution in [0.25, 0.3) is 0 Å². The molecule has 0 bridgehead atoms. The highest BCUT2D eigenvalue weighted by molar-refractivity contribution is 9.10. The van der Waals surface area contributed by atoms with Crippen LogP contribution < -0.4 is 16.2 Å². The highest BCUT2D eigenvalue weighted by Crippen LogP contribution is 2.19. The van der Waals surface area contributed by atoms with Crippen molar-refractivity contribution in [2.45, 2.75) is 31.8 Å². The summed E-state index contributed by atoms with van der Waals surface area (Å²) in [5, 5.41) is 5.87. The van der Waals surface area contributed by atoms with E-state index < -0.39 is 0 Å². The van der Waals surface area contributed by atoms with Gasteiger partial charge in [-0.05, 0) is 50.3 Å². The van der Waals surface area contributed by atoms with Crippen molar-refractivity contribution < 1.29 is 9.59 Å². The number of halogens is 1. The fourth-order valence-electron chi connectivity index (χ4n) is 2.44. The summed E-state index contributed by atoms with van der Waals surface area (Å²) in [5.74, 6) is -0.612. The second kappa shape index (κ2) is 9.70. The topological polar surface area (TPSA) is 104 Å². The Bertz CT molecular complexity index is 914. The van der Waals surface area contributed by atoms with Crippen LogP contribution in [0.1, 0.15) is 23.2 Å². The normalized spacial score (nSPS) is 10.5. The third-order valence-corrected chi connectivity index (χ3v) is 4.98. The molecule has 1 heterocycles. The van der Waals surface area contributed by atoms with Gasteiger partial charge in [0.1, 0.15) is 0 Å². The minimum absolute atomic E-state index is 0.106. The van der Waals surface area contributed by atoms with Gasteiger partial charge in [0, 0.05) is 27.8 Å². The zero-order valence-corrected chi connectivity index (χ0v) is 17.7. The Morgan fingerprint density at radius 3 is 2.63 bits per heavy atom. The van der Waals surface area contributed by atoms with E-state index in [4.69, 9.17) is 0 Å². The first-order valence-electron chi connectivity index (χ1n) is 8.26. The number of amides is 2. The standard InChI is InChI=1S/C18H21BrN4O3S/c1-10-8-12(19)4-6-14(10)22-16(25)9-20-15(24)7-5-13-11(2)21-18(27-3)23-17(13)26/h4,6,8H,5,7,9H2,1-3H3,(H,20,24)(H,22,25)(H,21,23,26). The van der Waals surface area contributed by atoms with Crippen LogP contribution in [0.5, 0.6) is 0 Å². The number of H-pyrrole nitrogens is 1. The quantitative estimate of drug-likeness (QED) is 0.442. The van der Waals surface area contributed by atoms with Gasteiger partial charge in [-0.15, -0.1) is 0 Å². The van der Waals surface area contributed by atoms with Gasteiger partial charge in [-0.3, -0.25) is 14.4 Å². The summed E-state index contributed by atoms with van der Waals surface area (Å²) in [6.45, 7) is 3.50. The summed E-state index contributed by atoms with van der Waals surface area (Å²) < 4.78 is 0.927. The van der Waals surface area contributed by atoms with Crippen molar-refractivity contribution in [1.82, 2.24) is 15.3 Å². The molecule has 0 spiro atoms. The Balaban J connectivity index is 1.84. The number of carbonyl (C=O) groups excluding carboxylic acids is 2. The number of carbonyl (C=O) groups is 2. The zero-order valence-electron chi connectivity index (χ0n) is 15.3. The lowest BCUT2D eigenvalue weighted by Crippen LogP contribution is -2.33. The Hall–Kier alpha value is -2.13. The van der Waals surface area contributed by atoms with Crippen LogP contribution in [0.4, 0.5) is 5.69 Å². The van der Waals surface area contributed by atoms with Gasteiger partial charge >= 0.3 is 0 Å². The number of benzene rings is 1. The van der Waals surface area contributed by atoms with Gasteiger partial charge in [-0.1, -0.05) is 27.7 Å². The molecule has 2 rings (SSSR count). The van der Waals surface area contributed by atoms with Gasteiger partial charge in [0.15, 0.2) is 5.16 Å². The Labute approximate surface area is 169 Å². The van der Waals surface area contributed by atoms with Crippen LogP contribution in [0.2, 0.25) is 0 Å². The number of aromatic nitrogens is 2. The minimum Gasteiger partial charge on any atom is -0.347 e. The van der Waals surface area contributed by atoms with E-state index in [1.807, 2.05) is 25.3 Å². The maximum atomic E-state index is 12.0. The summed E-state index contributed by atoms with van der Waals surface area (Å²) in [6.07, 6.45) is 2.20. The third-order valence-electron chi connectivity index (χ3n) is 3.90. The largest absolute Gasteiger partial charge is 0.347 e. The maximum Gasteiger partial charge on any atom is 0.254 e. The van der Waals surface area contributed by atoms with Gasteiger partial charge in [-0.25, -0.2) is 4.98 Å². The van der Waals surface area contributed by atoms with E-state index in [2.05, 4.69) is 36.5 Å². The Morgan fingerprint density at radius 1 is 1.26 bits per heavy atom. The molecule has 2 amide bonds. The number of anilines is 1. The van der Waals surface area contributed by atoms with Crippen molar-refractivity contribution >= 4 is 45.2 Å². The van der Waals surface area contributed by atoms with Gasteiger partial charge in [0.25, 0.3) is 5.56 Å². The highest BCUT2D eigenvalue weighted by atomic mass is 79.9. The lowest BCUT2D eigenvalue weighted by atomic mass is 10.1. The van der Waals surface area contributed by atoms with Crippen molar-refractivity contribution in [2.24, 2.45) is 0 Å². The van der Waals surface area contributed by atoms with Crippen molar-refractivity contribution in [1.29, 1.82) is 0 Å². The number of aryl methyl sites for hydroxylation is 2. The van der Waals surface area contributed by atoms with E-state index in [0.717, 1.165) is 10.0 Å². The van der Waals surface area contributed by atoms with Crippen LogP contribution in [0.3, 0.4) is 0 Å². The number of hydrogen-bond acceptors (Lipinski definition) is 5. The first-order chi connectivity index (χ1) is 12.8. The summed E-state index contributed by atoms with van der Waals surface area (Å²) in [7, 11) is 0. The van der Waals surface area contributed by atoms with E-state index in [9.17, 15) is 14.4 Å². The molecule has 0 fully saturated rings. The number of nitrogens with one attached hydrogen (secondary N) is 3. The molecule has 0 saturated heterocycles. The fourth-order valence-corrected chi connectivity index (χ4v) is 3.34. The number of nitrogens with zero attached hydrogens (tertiary/aromatic N) is 1. The smallest absolute Gasteiger partial charge is 0.254 e. The summed E-state index contributed by atoms with van der Waals surface area (Å²) >= 11 is 4.72. The second-order valence-corrected chi connectivity index (χ2v) is 7.63. The van der Waals surface area contributed by atoms with E-state index >= 15 is 0 Å². The van der Waals surface area contributed by atoms with Gasteiger partial charge in [0.05, 0.1) is 6.54 Å². The lowest BCUT2D eigenvalue weighted by Gasteiger charge is -2.10. The zero-order chi connectivity index (χ0) is 20.0. The molecule has 144 valence electrons. The highest BCUT2D eigenvalue weighted by Gasteiger charge is 2.12. The first-order valence-corrected chi connectivity index (χ1v) is 10.3. The minimum atomic E-state index is -0.311. The summed E-state index contributed by atoms with van der Waals surface area (Å²) in [4.78, 5) is 43.0. The van der Waals surface area contributed by atoms with Crippen molar-refractivity contribution in [3.63, 3.8) is 0 Å². The predicted molar refractivity (Wildman–Crippen MR) is 110 cm³/mol. The number of thioether (sulfide) groups is 1. The Kier molecular flexibility index (Phi) is 7.61. The fraction of sp³-hybridized carbons (Fsp3) is 0.333. The van der Waals surface area contributed by atoms with Crippen molar-refractivity contribution in [3.05, 3.63) is 49.8 Å². The molecule has 9 heteroatoms. The first kappa shape index (κ1) is 21.2. The molecule has 7 nitrogen and oxygen atoms in total. The van der Waals surface area contributed by atoms with Crippen molar-refractivity contribution in [2.75, 3.05) is 18.1 Å². The van der Waals surface area contributed by atoms with Crippen LogP contribution in [0, 0.1) is 13.8 Å². The molecule has 0 atom stereocenters. The maximum absolute atomic E-state index is 12.0. The molecule has 0 aliphatic rings. The van der Waals surface area contributed by atoms with Gasteiger partial charge < -0.3 is 15.6 Å². The SMILES string of the molecule is CSc1nc(C)c(CCC(=O)NCC(=O)Nc2ccc(Br)cc2C)c(=O)[nH]1. The van der Waals surface area contributed by atoms with Crippen LogP contribution in [0.15, 0.2) is 32.6 Å². The molecule has 1 aromatic heterocycles. The summed E-state index contributed by atoms with van der Waals surface area (Å²) in [6, 6.07) is 5.52. The molecule has 27 heavy (non-hydrogen) atoms. The van der Waals surface area contributed by atoms with E-state index in [1.54, 1.807) is 13.0 Å². The molecule has 0 radical (unpaired) electrons. The van der Waals surface area contributed by atoms with E-state index in [1.165, 1.54) is 11.8 Å². The monoisotopic (exact) mass is 452 g/mol. The molecular weight excluding hydrogens is 432 g/mol. The lowest BCUT2D eigenvalue weighted by molar-refractivity contribution is -0.124. The number of rotatable bonds is 7.